The lowest BCUT2D eigenvalue weighted by Gasteiger charge is -2.36. The lowest BCUT2D eigenvalue weighted by molar-refractivity contribution is -0.130. The van der Waals surface area contributed by atoms with Crippen molar-refractivity contribution in [3.05, 3.63) is 11.7 Å². The molecule has 118 valence electrons. The number of aromatic nitrogens is 2. The molecular weight excluding hydrogens is 270 g/mol. The third kappa shape index (κ3) is 4.01. The summed E-state index contributed by atoms with van der Waals surface area (Å²) < 4.78 is 5.32. The van der Waals surface area contributed by atoms with E-state index in [1.54, 1.807) is 19.0 Å². The van der Waals surface area contributed by atoms with E-state index in [0.29, 0.717) is 12.4 Å². The highest BCUT2D eigenvalue weighted by Gasteiger charge is 2.26. The number of piperazine rings is 1. The first-order valence-corrected chi connectivity index (χ1v) is 7.50. The number of aryl methyl sites for hydroxylation is 1. The molecule has 1 aromatic rings. The molecule has 1 aliphatic heterocycles. The van der Waals surface area contributed by atoms with Crippen molar-refractivity contribution in [2.45, 2.75) is 26.3 Å². The van der Waals surface area contributed by atoms with Crippen molar-refractivity contribution in [1.29, 1.82) is 0 Å². The first kappa shape index (κ1) is 15.9. The van der Waals surface area contributed by atoms with Crippen LogP contribution in [0.4, 0.5) is 0 Å². The van der Waals surface area contributed by atoms with Crippen LogP contribution in [0.5, 0.6) is 0 Å². The Morgan fingerprint density at radius 3 is 2.52 bits per heavy atom. The highest BCUT2D eigenvalue weighted by atomic mass is 16.5. The summed E-state index contributed by atoms with van der Waals surface area (Å²) in [7, 11) is 3.59. The molecule has 7 heteroatoms. The number of hydrogen-bond acceptors (Lipinski definition) is 6. The number of carbonyl (C=O) groups excluding carboxylic acids is 1. The average Bonchev–Trinajstić information content (AvgIpc) is 2.96. The fourth-order valence-electron chi connectivity index (χ4n) is 2.38. The standard InChI is InChI=1S/C14H25N5O2/c1-5-12-15-14(21-16-12)11(2)19-8-6-18(7-9-19)10-13(20)17(3)4/h11H,5-10H2,1-4H3/t11-/m1/s1. The van der Waals surface area contributed by atoms with Gasteiger partial charge in [-0.3, -0.25) is 14.6 Å². The number of nitrogens with zero attached hydrogens (tertiary/aromatic N) is 5. The lowest BCUT2D eigenvalue weighted by Crippen LogP contribution is -2.49. The Balaban J connectivity index is 1.84. The van der Waals surface area contributed by atoms with Gasteiger partial charge in [0.2, 0.25) is 11.8 Å². The number of rotatable bonds is 5. The number of hydrogen-bond donors (Lipinski definition) is 0. The first-order chi connectivity index (χ1) is 10.0. The first-order valence-electron chi connectivity index (χ1n) is 7.50. The fourth-order valence-corrected chi connectivity index (χ4v) is 2.38. The van der Waals surface area contributed by atoms with Crippen LogP contribution in [-0.2, 0) is 11.2 Å². The topological polar surface area (TPSA) is 65.7 Å². The summed E-state index contributed by atoms with van der Waals surface area (Å²) in [6.45, 7) is 8.19. The molecule has 0 radical (unpaired) electrons. The highest BCUT2D eigenvalue weighted by molar-refractivity contribution is 5.77. The monoisotopic (exact) mass is 295 g/mol. The third-order valence-corrected chi connectivity index (χ3v) is 3.97. The Morgan fingerprint density at radius 2 is 2.00 bits per heavy atom. The van der Waals surface area contributed by atoms with Gasteiger partial charge in [-0.05, 0) is 6.92 Å². The molecule has 0 N–H and O–H groups in total. The molecule has 21 heavy (non-hydrogen) atoms. The lowest BCUT2D eigenvalue weighted by atomic mass is 10.2. The second kappa shape index (κ2) is 7.00. The zero-order valence-electron chi connectivity index (χ0n) is 13.4. The molecule has 0 aromatic carbocycles. The summed E-state index contributed by atoms with van der Waals surface area (Å²) in [6, 6.07) is 0.129. The van der Waals surface area contributed by atoms with Crippen LogP contribution in [0.2, 0.25) is 0 Å². The van der Waals surface area contributed by atoms with Crippen LogP contribution in [-0.4, -0.2) is 77.6 Å². The SMILES string of the molecule is CCc1noc([C@@H](C)N2CCN(CC(=O)N(C)C)CC2)n1. The molecule has 7 nitrogen and oxygen atoms in total. The molecule has 1 atom stereocenters. The van der Waals surface area contributed by atoms with E-state index < -0.39 is 0 Å². The molecule has 2 heterocycles. The summed E-state index contributed by atoms with van der Waals surface area (Å²) in [5.41, 5.74) is 0. The largest absolute Gasteiger partial charge is 0.348 e. The quantitative estimate of drug-likeness (QED) is 0.783. The minimum Gasteiger partial charge on any atom is -0.348 e. The van der Waals surface area contributed by atoms with E-state index in [-0.39, 0.29) is 11.9 Å². The van der Waals surface area contributed by atoms with E-state index in [1.165, 1.54) is 0 Å². The van der Waals surface area contributed by atoms with Gasteiger partial charge in [-0.2, -0.15) is 4.98 Å². The van der Waals surface area contributed by atoms with Gasteiger partial charge in [0.15, 0.2) is 5.82 Å². The summed E-state index contributed by atoms with van der Waals surface area (Å²) in [6.07, 6.45) is 0.788. The smallest absolute Gasteiger partial charge is 0.243 e. The molecule has 0 unspecified atom stereocenters. The maximum Gasteiger partial charge on any atom is 0.243 e. The van der Waals surface area contributed by atoms with Crippen molar-refractivity contribution in [2.24, 2.45) is 0 Å². The van der Waals surface area contributed by atoms with E-state index in [4.69, 9.17) is 4.52 Å². The molecule has 1 aliphatic rings. The van der Waals surface area contributed by atoms with Crippen LogP contribution in [0.15, 0.2) is 4.52 Å². The zero-order chi connectivity index (χ0) is 15.4. The minimum absolute atomic E-state index is 0.129. The Labute approximate surface area is 125 Å². The van der Waals surface area contributed by atoms with Gasteiger partial charge in [0.05, 0.1) is 12.6 Å². The summed E-state index contributed by atoms with van der Waals surface area (Å²) >= 11 is 0. The molecule has 0 aliphatic carbocycles. The molecule has 1 saturated heterocycles. The van der Waals surface area contributed by atoms with Gasteiger partial charge in [-0.15, -0.1) is 0 Å². The Morgan fingerprint density at radius 1 is 1.33 bits per heavy atom. The third-order valence-electron chi connectivity index (χ3n) is 3.97. The second-order valence-electron chi connectivity index (χ2n) is 5.68. The molecule has 0 spiro atoms. The van der Waals surface area contributed by atoms with Gasteiger partial charge in [-0.25, -0.2) is 0 Å². The van der Waals surface area contributed by atoms with Crippen molar-refractivity contribution in [3.63, 3.8) is 0 Å². The molecule has 1 aromatic heterocycles. The van der Waals surface area contributed by atoms with Gasteiger partial charge >= 0.3 is 0 Å². The normalized spacial score (nSPS) is 18.7. The van der Waals surface area contributed by atoms with E-state index in [9.17, 15) is 4.79 Å². The van der Waals surface area contributed by atoms with E-state index in [1.807, 2.05) is 6.92 Å². The zero-order valence-corrected chi connectivity index (χ0v) is 13.4. The molecule has 1 amide bonds. The summed E-state index contributed by atoms with van der Waals surface area (Å²) in [5, 5.41) is 3.95. The summed E-state index contributed by atoms with van der Waals surface area (Å²) in [4.78, 5) is 22.3. The minimum atomic E-state index is 0.129. The predicted octanol–water partition coefficient (Wildman–Crippen LogP) is 0.399. The number of carbonyl (C=O) groups is 1. The molecule has 0 bridgehead atoms. The van der Waals surface area contributed by atoms with Crippen molar-refractivity contribution in [1.82, 2.24) is 24.8 Å². The van der Waals surface area contributed by atoms with Crippen LogP contribution in [0.25, 0.3) is 0 Å². The molecular formula is C14H25N5O2. The van der Waals surface area contributed by atoms with Gasteiger partial charge in [0, 0.05) is 46.7 Å². The Kier molecular flexibility index (Phi) is 5.30. The van der Waals surface area contributed by atoms with Crippen molar-refractivity contribution < 1.29 is 9.32 Å². The number of amides is 1. The van der Waals surface area contributed by atoms with E-state index in [0.717, 1.165) is 38.4 Å². The Hall–Kier alpha value is -1.47. The summed E-state index contributed by atoms with van der Waals surface area (Å²) in [5.74, 6) is 1.60. The van der Waals surface area contributed by atoms with Crippen LogP contribution in [0.3, 0.4) is 0 Å². The van der Waals surface area contributed by atoms with Crippen LogP contribution in [0.1, 0.15) is 31.6 Å². The van der Waals surface area contributed by atoms with E-state index >= 15 is 0 Å². The van der Waals surface area contributed by atoms with E-state index in [2.05, 4.69) is 26.9 Å². The van der Waals surface area contributed by atoms with Crippen molar-refractivity contribution in [2.75, 3.05) is 46.8 Å². The molecule has 0 saturated carbocycles. The van der Waals surface area contributed by atoms with Crippen LogP contribution >= 0.6 is 0 Å². The second-order valence-corrected chi connectivity index (χ2v) is 5.68. The highest BCUT2D eigenvalue weighted by Crippen LogP contribution is 2.20. The van der Waals surface area contributed by atoms with Gasteiger partial charge in [0.25, 0.3) is 0 Å². The fraction of sp³-hybridized carbons (Fsp3) is 0.786. The van der Waals surface area contributed by atoms with Gasteiger partial charge in [0.1, 0.15) is 0 Å². The van der Waals surface area contributed by atoms with Crippen LogP contribution in [0, 0.1) is 0 Å². The van der Waals surface area contributed by atoms with Crippen molar-refractivity contribution >= 4 is 5.91 Å². The maximum absolute atomic E-state index is 11.7. The van der Waals surface area contributed by atoms with Gasteiger partial charge in [-0.1, -0.05) is 12.1 Å². The molecule has 2 rings (SSSR count). The van der Waals surface area contributed by atoms with Crippen LogP contribution < -0.4 is 0 Å². The Bertz CT molecular complexity index is 466. The maximum atomic E-state index is 11.7. The average molecular weight is 295 g/mol. The van der Waals surface area contributed by atoms with Crippen molar-refractivity contribution in [3.8, 4) is 0 Å². The molecule has 1 fully saturated rings. The van der Waals surface area contributed by atoms with Gasteiger partial charge < -0.3 is 9.42 Å². The predicted molar refractivity (Wildman–Crippen MR) is 78.8 cm³/mol. The number of likely N-dealkylation sites (N-methyl/N-ethyl adjacent to an activating group) is 1.